The molecule has 0 heterocycles. The summed E-state index contributed by atoms with van der Waals surface area (Å²) in [5.74, 6) is 0. The van der Waals surface area contributed by atoms with E-state index in [-0.39, 0.29) is 33.8 Å². The fourth-order valence-electron chi connectivity index (χ4n) is 2.65. The van der Waals surface area contributed by atoms with Crippen LogP contribution in [0.25, 0.3) is 10.8 Å². The maximum atomic E-state index is 11.6. The summed E-state index contributed by atoms with van der Waals surface area (Å²) < 4.78 is 64.5. The zero-order valence-electron chi connectivity index (χ0n) is 14.5. The first-order valence-corrected chi connectivity index (χ1v) is 10.6. The highest BCUT2D eigenvalue weighted by atomic mass is 32.2. The van der Waals surface area contributed by atoms with Gasteiger partial charge in [0.05, 0.1) is 10.6 Å². The Bertz CT molecular complexity index is 1380. The highest BCUT2D eigenvalue weighted by Crippen LogP contribution is 2.39. The Kier molecular flexibility index (Phi) is 4.92. The minimum Gasteiger partial charge on any atom is -0.399 e. The number of anilines is 3. The Morgan fingerprint density at radius 2 is 1.45 bits per heavy atom. The van der Waals surface area contributed by atoms with Crippen molar-refractivity contribution in [2.24, 2.45) is 10.2 Å². The van der Waals surface area contributed by atoms with Gasteiger partial charge in [0.1, 0.15) is 16.3 Å². The van der Waals surface area contributed by atoms with E-state index in [1.165, 1.54) is 30.3 Å². The summed E-state index contributed by atoms with van der Waals surface area (Å²) >= 11 is 0. The molecule has 11 nitrogen and oxygen atoms in total. The molecule has 0 aromatic heterocycles. The van der Waals surface area contributed by atoms with Crippen LogP contribution >= 0.6 is 0 Å². The predicted molar refractivity (Wildman–Crippen MR) is 107 cm³/mol. The van der Waals surface area contributed by atoms with Gasteiger partial charge in [-0.3, -0.25) is 9.11 Å². The monoisotopic (exact) mass is 437 g/mol. The third-order valence-electron chi connectivity index (χ3n) is 3.94. The average Bonchev–Trinajstić information content (AvgIpc) is 2.60. The van der Waals surface area contributed by atoms with Crippen LogP contribution in [0.15, 0.2) is 62.5 Å². The van der Waals surface area contributed by atoms with E-state index >= 15 is 0 Å². The van der Waals surface area contributed by atoms with E-state index in [2.05, 4.69) is 10.2 Å². The SMILES string of the molecule is Nc1ccc(/N=N/c2c(N)ccc3cc(S(=O)(=O)O)cc(N)c23)c(S(=O)(=O)O)c1. The van der Waals surface area contributed by atoms with E-state index in [9.17, 15) is 25.9 Å². The van der Waals surface area contributed by atoms with Gasteiger partial charge in [-0.1, -0.05) is 6.07 Å². The van der Waals surface area contributed by atoms with E-state index < -0.39 is 30.0 Å². The normalized spacial score (nSPS) is 12.6. The molecule has 0 aliphatic heterocycles. The molecule has 8 N–H and O–H groups in total. The van der Waals surface area contributed by atoms with Gasteiger partial charge in [-0.2, -0.15) is 16.8 Å². The van der Waals surface area contributed by atoms with Gasteiger partial charge in [-0.05, 0) is 41.8 Å². The van der Waals surface area contributed by atoms with E-state index in [4.69, 9.17) is 17.2 Å². The number of benzene rings is 3. The Hall–Kier alpha value is -3.26. The molecule has 0 aliphatic carbocycles. The number of nitrogens with zero attached hydrogens (tertiary/aromatic N) is 2. The maximum Gasteiger partial charge on any atom is 0.296 e. The first kappa shape index (κ1) is 20.5. The van der Waals surface area contributed by atoms with Gasteiger partial charge >= 0.3 is 0 Å². The summed E-state index contributed by atoms with van der Waals surface area (Å²) in [6, 6.07) is 8.71. The third kappa shape index (κ3) is 4.12. The fourth-order valence-corrected chi connectivity index (χ4v) is 3.86. The third-order valence-corrected chi connectivity index (χ3v) is 5.66. The van der Waals surface area contributed by atoms with Crippen LogP contribution in [0.1, 0.15) is 0 Å². The van der Waals surface area contributed by atoms with Crippen molar-refractivity contribution in [3.63, 3.8) is 0 Å². The Balaban J connectivity index is 2.23. The van der Waals surface area contributed by atoms with E-state index in [1.807, 2.05) is 0 Å². The molecule has 3 rings (SSSR count). The summed E-state index contributed by atoms with van der Waals surface area (Å²) in [6.07, 6.45) is 0. The molecular formula is C16H15N5O6S2. The fraction of sp³-hybridized carbons (Fsp3) is 0. The zero-order chi connectivity index (χ0) is 21.6. The quantitative estimate of drug-likeness (QED) is 0.230. The van der Waals surface area contributed by atoms with Crippen LogP contribution in [0.5, 0.6) is 0 Å². The molecule has 13 heteroatoms. The van der Waals surface area contributed by atoms with Crippen molar-refractivity contribution in [2.75, 3.05) is 17.2 Å². The molecule has 0 fully saturated rings. The van der Waals surface area contributed by atoms with Gasteiger partial charge in [0.2, 0.25) is 0 Å². The predicted octanol–water partition coefficient (Wildman–Crippen LogP) is 2.50. The first-order chi connectivity index (χ1) is 13.4. The molecule has 3 aromatic rings. The van der Waals surface area contributed by atoms with Gasteiger partial charge in [-0.25, -0.2) is 0 Å². The maximum absolute atomic E-state index is 11.6. The summed E-state index contributed by atoms with van der Waals surface area (Å²) in [4.78, 5) is -0.968. The van der Waals surface area contributed by atoms with Crippen molar-refractivity contribution in [1.82, 2.24) is 0 Å². The molecule has 0 radical (unpaired) electrons. The second-order valence-corrected chi connectivity index (χ2v) is 8.80. The minimum absolute atomic E-state index is 0.0417. The van der Waals surface area contributed by atoms with Gasteiger partial charge in [0, 0.05) is 16.8 Å². The Labute approximate surface area is 165 Å². The summed E-state index contributed by atoms with van der Waals surface area (Å²) in [6.45, 7) is 0. The number of nitrogen functional groups attached to an aromatic ring is 3. The van der Waals surface area contributed by atoms with Crippen LogP contribution in [0, 0.1) is 0 Å². The van der Waals surface area contributed by atoms with Crippen molar-refractivity contribution in [1.29, 1.82) is 0 Å². The lowest BCUT2D eigenvalue weighted by atomic mass is 10.1. The molecule has 3 aromatic carbocycles. The minimum atomic E-state index is -4.63. The average molecular weight is 437 g/mol. The van der Waals surface area contributed by atoms with Crippen molar-refractivity contribution >= 4 is 59.4 Å². The lowest BCUT2D eigenvalue weighted by molar-refractivity contribution is 0.481. The number of fused-ring (bicyclic) bond motifs is 1. The second kappa shape index (κ2) is 6.97. The first-order valence-electron chi connectivity index (χ1n) is 7.76. The lowest BCUT2D eigenvalue weighted by Crippen LogP contribution is -2.01. The largest absolute Gasteiger partial charge is 0.399 e. The number of rotatable bonds is 4. The number of hydrogen-bond acceptors (Lipinski definition) is 9. The number of azo groups is 1. The lowest BCUT2D eigenvalue weighted by Gasteiger charge is -2.10. The van der Waals surface area contributed by atoms with E-state index in [0.29, 0.717) is 5.39 Å². The van der Waals surface area contributed by atoms with Crippen molar-refractivity contribution in [3.05, 3.63) is 42.5 Å². The van der Waals surface area contributed by atoms with Crippen molar-refractivity contribution < 1.29 is 25.9 Å². The summed E-state index contributed by atoms with van der Waals surface area (Å²) in [7, 11) is -9.12. The molecule has 0 bridgehead atoms. The van der Waals surface area contributed by atoms with Crippen molar-refractivity contribution in [3.8, 4) is 0 Å². The standard InChI is InChI=1S/C16H15N5O6S2/c17-9-2-4-13(14(6-9)29(25,26)27)20-21-16-11(18)3-1-8-5-10(28(22,23)24)7-12(19)15(8)16/h1-7H,17-19H2,(H,22,23,24)(H,25,26,27)/b21-20+. The number of hydrogen-bond donors (Lipinski definition) is 5. The van der Waals surface area contributed by atoms with Gasteiger partial charge in [0.15, 0.2) is 0 Å². The Morgan fingerprint density at radius 1 is 0.759 bits per heavy atom. The Morgan fingerprint density at radius 3 is 2.07 bits per heavy atom. The van der Waals surface area contributed by atoms with Gasteiger partial charge in [0.25, 0.3) is 20.2 Å². The molecule has 0 spiro atoms. The van der Waals surface area contributed by atoms with Gasteiger partial charge in [-0.15, -0.1) is 10.2 Å². The van der Waals surface area contributed by atoms with Crippen molar-refractivity contribution in [2.45, 2.75) is 9.79 Å². The summed E-state index contributed by atoms with van der Waals surface area (Å²) in [5, 5.41) is 8.33. The van der Waals surface area contributed by atoms with Crippen LogP contribution in [-0.4, -0.2) is 25.9 Å². The van der Waals surface area contributed by atoms with Crippen LogP contribution in [-0.2, 0) is 20.2 Å². The molecule has 152 valence electrons. The zero-order valence-corrected chi connectivity index (χ0v) is 16.1. The second-order valence-electron chi connectivity index (χ2n) is 5.99. The molecular weight excluding hydrogens is 422 g/mol. The smallest absolute Gasteiger partial charge is 0.296 e. The number of nitrogens with two attached hydrogens (primary N) is 3. The molecule has 0 aliphatic rings. The topological polar surface area (TPSA) is 212 Å². The van der Waals surface area contributed by atoms with Crippen LogP contribution < -0.4 is 17.2 Å². The van der Waals surface area contributed by atoms with E-state index in [1.54, 1.807) is 0 Å². The molecule has 0 saturated heterocycles. The molecule has 0 saturated carbocycles. The molecule has 0 unspecified atom stereocenters. The van der Waals surface area contributed by atoms with Gasteiger partial charge < -0.3 is 17.2 Å². The van der Waals surface area contributed by atoms with Crippen LogP contribution in [0.2, 0.25) is 0 Å². The van der Waals surface area contributed by atoms with E-state index in [0.717, 1.165) is 12.1 Å². The highest BCUT2D eigenvalue weighted by molar-refractivity contribution is 7.86. The highest BCUT2D eigenvalue weighted by Gasteiger charge is 2.18. The molecule has 29 heavy (non-hydrogen) atoms. The summed E-state index contributed by atoms with van der Waals surface area (Å²) in [5.41, 5.74) is 17.4. The molecule has 0 amide bonds. The molecule has 0 atom stereocenters. The van der Waals surface area contributed by atoms with Crippen LogP contribution in [0.4, 0.5) is 28.4 Å². The van der Waals surface area contributed by atoms with Crippen LogP contribution in [0.3, 0.4) is 0 Å².